The SMILES string of the molecule is O=C(C1CCCN1C1CCNCC1)N1CCCC(CO)C1. The van der Waals surface area contributed by atoms with Crippen LogP contribution in [-0.2, 0) is 4.79 Å². The molecule has 3 rings (SSSR count). The van der Waals surface area contributed by atoms with Crippen LogP contribution in [0.25, 0.3) is 0 Å². The molecule has 3 fully saturated rings. The Morgan fingerprint density at radius 1 is 1.10 bits per heavy atom. The molecule has 0 aromatic carbocycles. The summed E-state index contributed by atoms with van der Waals surface area (Å²) < 4.78 is 0. The highest BCUT2D eigenvalue weighted by molar-refractivity contribution is 5.82. The maximum Gasteiger partial charge on any atom is 0.239 e. The van der Waals surface area contributed by atoms with Crippen molar-refractivity contribution in [3.05, 3.63) is 0 Å². The first-order valence-corrected chi connectivity index (χ1v) is 8.65. The highest BCUT2D eigenvalue weighted by Crippen LogP contribution is 2.27. The van der Waals surface area contributed by atoms with Crippen molar-refractivity contribution in [2.75, 3.05) is 39.3 Å². The first-order chi connectivity index (χ1) is 10.3. The molecule has 0 spiro atoms. The summed E-state index contributed by atoms with van der Waals surface area (Å²) in [5.41, 5.74) is 0. The number of nitrogens with one attached hydrogen (secondary N) is 1. The van der Waals surface area contributed by atoms with E-state index in [-0.39, 0.29) is 18.6 Å². The normalized spacial score (nSPS) is 32.5. The number of carbonyl (C=O) groups is 1. The number of piperidine rings is 2. The molecule has 1 amide bonds. The van der Waals surface area contributed by atoms with Gasteiger partial charge >= 0.3 is 0 Å². The molecule has 0 aliphatic carbocycles. The third-order valence-corrected chi connectivity index (χ3v) is 5.45. The lowest BCUT2D eigenvalue weighted by atomic mass is 9.97. The van der Waals surface area contributed by atoms with Gasteiger partial charge in [-0.2, -0.15) is 0 Å². The highest BCUT2D eigenvalue weighted by Gasteiger charge is 2.38. The molecule has 0 bridgehead atoms. The Balaban J connectivity index is 1.62. The van der Waals surface area contributed by atoms with Crippen LogP contribution in [0.3, 0.4) is 0 Å². The van der Waals surface area contributed by atoms with Gasteiger partial charge in [-0.25, -0.2) is 0 Å². The van der Waals surface area contributed by atoms with Gasteiger partial charge in [-0.1, -0.05) is 0 Å². The van der Waals surface area contributed by atoms with Crippen LogP contribution in [-0.4, -0.2) is 72.2 Å². The zero-order valence-electron chi connectivity index (χ0n) is 13.0. The number of nitrogens with zero attached hydrogens (tertiary/aromatic N) is 2. The molecule has 2 atom stereocenters. The van der Waals surface area contributed by atoms with Crippen molar-refractivity contribution < 1.29 is 9.90 Å². The Morgan fingerprint density at radius 2 is 1.86 bits per heavy atom. The van der Waals surface area contributed by atoms with E-state index in [9.17, 15) is 9.90 Å². The molecule has 2 unspecified atom stereocenters. The van der Waals surface area contributed by atoms with Crippen LogP contribution in [0.4, 0.5) is 0 Å². The molecule has 0 aromatic heterocycles. The topological polar surface area (TPSA) is 55.8 Å². The fourth-order valence-electron chi connectivity index (χ4n) is 4.25. The van der Waals surface area contributed by atoms with E-state index < -0.39 is 0 Å². The average molecular weight is 295 g/mol. The Labute approximate surface area is 127 Å². The molecule has 3 saturated heterocycles. The molecule has 2 N–H and O–H groups in total. The second kappa shape index (κ2) is 7.07. The number of aliphatic hydroxyl groups is 1. The number of rotatable bonds is 3. The molecule has 3 heterocycles. The monoisotopic (exact) mass is 295 g/mol. The highest BCUT2D eigenvalue weighted by atomic mass is 16.3. The molecular formula is C16H29N3O2. The van der Waals surface area contributed by atoms with Crippen molar-refractivity contribution >= 4 is 5.91 Å². The number of hydrogen-bond donors (Lipinski definition) is 2. The van der Waals surface area contributed by atoms with Gasteiger partial charge in [-0.05, 0) is 64.1 Å². The minimum atomic E-state index is 0.102. The number of hydrogen-bond acceptors (Lipinski definition) is 4. The third-order valence-electron chi connectivity index (χ3n) is 5.45. The smallest absolute Gasteiger partial charge is 0.239 e. The molecule has 5 heteroatoms. The summed E-state index contributed by atoms with van der Waals surface area (Å²) in [4.78, 5) is 17.4. The van der Waals surface area contributed by atoms with Crippen LogP contribution < -0.4 is 5.32 Å². The minimum Gasteiger partial charge on any atom is -0.396 e. The maximum atomic E-state index is 12.9. The van der Waals surface area contributed by atoms with Crippen LogP contribution in [0.5, 0.6) is 0 Å². The molecule has 0 saturated carbocycles. The molecule has 0 radical (unpaired) electrons. The van der Waals surface area contributed by atoms with E-state index in [4.69, 9.17) is 0 Å². The van der Waals surface area contributed by atoms with Crippen LogP contribution in [0.1, 0.15) is 38.5 Å². The molecule has 5 nitrogen and oxygen atoms in total. The summed E-state index contributed by atoms with van der Waals surface area (Å²) in [7, 11) is 0. The van der Waals surface area contributed by atoms with Gasteiger partial charge in [0.05, 0.1) is 6.04 Å². The summed E-state index contributed by atoms with van der Waals surface area (Å²) in [6.45, 7) is 5.10. The fourth-order valence-corrected chi connectivity index (χ4v) is 4.25. The quantitative estimate of drug-likeness (QED) is 0.793. The van der Waals surface area contributed by atoms with Gasteiger partial charge in [0.2, 0.25) is 5.91 Å². The number of aliphatic hydroxyl groups excluding tert-OH is 1. The summed E-state index contributed by atoms with van der Waals surface area (Å²) in [6, 6.07) is 0.687. The van der Waals surface area contributed by atoms with Crippen LogP contribution >= 0.6 is 0 Å². The largest absolute Gasteiger partial charge is 0.396 e. The lowest BCUT2D eigenvalue weighted by Crippen LogP contribution is -2.53. The van der Waals surface area contributed by atoms with E-state index in [1.165, 1.54) is 12.8 Å². The van der Waals surface area contributed by atoms with E-state index in [1.54, 1.807) is 0 Å². The van der Waals surface area contributed by atoms with Crippen molar-refractivity contribution in [2.24, 2.45) is 5.92 Å². The second-order valence-corrected chi connectivity index (χ2v) is 6.85. The number of amides is 1. The van der Waals surface area contributed by atoms with Crippen molar-refractivity contribution in [1.29, 1.82) is 0 Å². The fraction of sp³-hybridized carbons (Fsp3) is 0.938. The average Bonchev–Trinajstić information content (AvgIpc) is 3.04. The zero-order chi connectivity index (χ0) is 14.7. The van der Waals surface area contributed by atoms with E-state index >= 15 is 0 Å². The molecule has 0 aromatic rings. The van der Waals surface area contributed by atoms with E-state index in [2.05, 4.69) is 10.2 Å². The van der Waals surface area contributed by atoms with Crippen molar-refractivity contribution in [3.63, 3.8) is 0 Å². The van der Waals surface area contributed by atoms with Crippen LogP contribution in [0.2, 0.25) is 0 Å². The Bertz CT molecular complexity index is 357. The minimum absolute atomic E-state index is 0.102. The van der Waals surface area contributed by atoms with Gasteiger partial charge in [0.25, 0.3) is 0 Å². The van der Waals surface area contributed by atoms with Gasteiger partial charge in [-0.15, -0.1) is 0 Å². The lowest BCUT2D eigenvalue weighted by Gasteiger charge is -2.39. The predicted octanol–water partition coefficient (Wildman–Crippen LogP) is 0.434. The standard InChI is InChI=1S/C16H29N3O2/c20-12-13-3-1-9-18(11-13)16(21)15-4-2-10-19(15)14-5-7-17-8-6-14/h13-15,17,20H,1-12H2. The maximum absolute atomic E-state index is 12.9. The summed E-state index contributed by atoms with van der Waals surface area (Å²) in [6.07, 6.45) is 6.60. The summed E-state index contributed by atoms with van der Waals surface area (Å²) >= 11 is 0. The van der Waals surface area contributed by atoms with Gasteiger partial charge in [0.1, 0.15) is 0 Å². The van der Waals surface area contributed by atoms with Gasteiger partial charge in [-0.3, -0.25) is 9.69 Å². The summed E-state index contributed by atoms with van der Waals surface area (Å²) in [5.74, 6) is 0.612. The Kier molecular flexibility index (Phi) is 5.14. The first kappa shape index (κ1) is 15.3. The van der Waals surface area contributed by atoms with Crippen LogP contribution in [0.15, 0.2) is 0 Å². The third kappa shape index (κ3) is 3.41. The number of likely N-dealkylation sites (tertiary alicyclic amines) is 2. The molecular weight excluding hydrogens is 266 g/mol. The van der Waals surface area contributed by atoms with E-state index in [0.717, 1.165) is 58.4 Å². The van der Waals surface area contributed by atoms with Gasteiger partial charge in [0.15, 0.2) is 0 Å². The Morgan fingerprint density at radius 3 is 2.62 bits per heavy atom. The van der Waals surface area contributed by atoms with Crippen LogP contribution in [0, 0.1) is 5.92 Å². The van der Waals surface area contributed by atoms with Crippen molar-refractivity contribution in [3.8, 4) is 0 Å². The molecule has 21 heavy (non-hydrogen) atoms. The molecule has 120 valence electrons. The number of carbonyl (C=O) groups excluding carboxylic acids is 1. The van der Waals surface area contributed by atoms with Crippen molar-refractivity contribution in [2.45, 2.75) is 50.6 Å². The second-order valence-electron chi connectivity index (χ2n) is 6.85. The summed E-state index contributed by atoms with van der Waals surface area (Å²) in [5, 5.41) is 12.8. The Hall–Kier alpha value is -0.650. The van der Waals surface area contributed by atoms with E-state index in [0.29, 0.717) is 11.9 Å². The van der Waals surface area contributed by atoms with E-state index in [1.807, 2.05) is 4.90 Å². The van der Waals surface area contributed by atoms with Crippen molar-refractivity contribution in [1.82, 2.24) is 15.1 Å². The lowest BCUT2D eigenvalue weighted by molar-refractivity contribution is -0.139. The first-order valence-electron chi connectivity index (χ1n) is 8.65. The van der Waals surface area contributed by atoms with Gasteiger partial charge in [0, 0.05) is 25.7 Å². The van der Waals surface area contributed by atoms with Gasteiger partial charge < -0.3 is 15.3 Å². The molecule has 3 aliphatic rings. The molecule has 3 aliphatic heterocycles. The predicted molar refractivity (Wildman–Crippen MR) is 82.0 cm³/mol. The zero-order valence-corrected chi connectivity index (χ0v) is 13.0.